The second-order valence-electron chi connectivity index (χ2n) is 10.1. The Hall–Kier alpha value is -4.41. The molecule has 4 aromatic rings. The molecule has 0 atom stereocenters. The van der Waals surface area contributed by atoms with Crippen molar-refractivity contribution in [2.75, 3.05) is 74.2 Å². The third-order valence-corrected chi connectivity index (χ3v) is 7.72. The first-order valence-electron chi connectivity index (χ1n) is 13.7. The number of hydrogen-bond acceptors (Lipinski definition) is 8. The van der Waals surface area contributed by atoms with E-state index in [0.717, 1.165) is 62.2 Å². The molecule has 2 aromatic heterocycles. The fourth-order valence-corrected chi connectivity index (χ4v) is 5.39. The van der Waals surface area contributed by atoms with Crippen LogP contribution in [0.5, 0.6) is 5.75 Å². The van der Waals surface area contributed by atoms with Gasteiger partial charge in [-0.15, -0.1) is 15.3 Å². The zero-order valence-corrected chi connectivity index (χ0v) is 22.6. The molecule has 0 radical (unpaired) electrons. The molecule has 0 spiro atoms. The predicted octanol–water partition coefficient (Wildman–Crippen LogP) is 2.88. The Labute approximate surface area is 232 Å². The number of carbonyl (C=O) groups is 1. The van der Waals surface area contributed by atoms with Crippen molar-refractivity contribution in [3.8, 4) is 5.75 Å². The highest BCUT2D eigenvalue weighted by Crippen LogP contribution is 2.24. The van der Waals surface area contributed by atoms with Gasteiger partial charge >= 0.3 is 0 Å². The van der Waals surface area contributed by atoms with Crippen LogP contribution in [0.1, 0.15) is 12.2 Å². The zero-order valence-electron chi connectivity index (χ0n) is 22.6. The van der Waals surface area contributed by atoms with Gasteiger partial charge in [0.15, 0.2) is 11.5 Å². The maximum absolute atomic E-state index is 13.2. The number of methoxy groups -OCH3 is 1. The van der Waals surface area contributed by atoms with Crippen molar-refractivity contribution >= 4 is 28.7 Å². The molecule has 2 aromatic carbocycles. The number of rotatable bonds is 7. The van der Waals surface area contributed by atoms with E-state index in [1.807, 2.05) is 29.2 Å². The Balaban J connectivity index is 1.04. The molecule has 0 unspecified atom stereocenters. The van der Waals surface area contributed by atoms with Crippen molar-refractivity contribution in [2.45, 2.75) is 12.8 Å². The molecule has 0 saturated carbocycles. The first-order chi connectivity index (χ1) is 19.6. The molecule has 2 fully saturated rings. The molecular weight excluding hydrogens is 511 g/mol. The van der Waals surface area contributed by atoms with Gasteiger partial charge < -0.3 is 24.3 Å². The maximum atomic E-state index is 13.2. The summed E-state index contributed by atoms with van der Waals surface area (Å²) in [6.07, 6.45) is 0.820. The minimum Gasteiger partial charge on any atom is -0.497 e. The number of benzene rings is 2. The topological polar surface area (TPSA) is 82.3 Å². The molecule has 4 heterocycles. The van der Waals surface area contributed by atoms with E-state index in [1.165, 1.54) is 12.1 Å². The zero-order chi connectivity index (χ0) is 27.5. The number of halogens is 1. The number of piperazine rings is 2. The van der Waals surface area contributed by atoms with Gasteiger partial charge in [-0.3, -0.25) is 4.79 Å². The largest absolute Gasteiger partial charge is 0.497 e. The SMILES string of the molecule is COc1cccc(N2CCN(c3ccc4nnc(CCC(=O)N5CCN(c6ccc(F)cc6)CC5)n4n3)CC2)c1. The van der Waals surface area contributed by atoms with E-state index < -0.39 is 0 Å². The monoisotopic (exact) mass is 544 g/mol. The van der Waals surface area contributed by atoms with E-state index in [-0.39, 0.29) is 11.7 Å². The molecule has 0 bridgehead atoms. The van der Waals surface area contributed by atoms with E-state index in [0.29, 0.717) is 37.4 Å². The maximum Gasteiger partial charge on any atom is 0.223 e. The van der Waals surface area contributed by atoms with Gasteiger partial charge in [0.25, 0.3) is 0 Å². The van der Waals surface area contributed by atoms with Crippen LogP contribution in [0, 0.1) is 5.82 Å². The standard InChI is InChI=1S/C29H33FN8O2/c1-40-25-4-2-3-24(21-25)35-13-17-36(18-14-35)28-10-9-26-31-32-27(38(26)33-28)11-12-29(39)37-19-15-34(16-20-37)23-7-5-22(30)6-8-23/h2-10,21H,11-20H2,1H3. The van der Waals surface area contributed by atoms with Crippen molar-refractivity contribution < 1.29 is 13.9 Å². The van der Waals surface area contributed by atoms with Gasteiger partial charge in [0.2, 0.25) is 5.91 Å². The third kappa shape index (κ3) is 5.49. The summed E-state index contributed by atoms with van der Waals surface area (Å²) in [7, 11) is 1.69. The van der Waals surface area contributed by atoms with Gasteiger partial charge in [-0.25, -0.2) is 4.39 Å². The molecule has 208 valence electrons. The molecule has 0 aliphatic carbocycles. The van der Waals surface area contributed by atoms with Gasteiger partial charge in [-0.05, 0) is 48.5 Å². The van der Waals surface area contributed by atoms with Crippen LogP contribution in [0.2, 0.25) is 0 Å². The Kier molecular flexibility index (Phi) is 7.35. The van der Waals surface area contributed by atoms with Crippen LogP contribution in [0.25, 0.3) is 5.65 Å². The summed E-state index contributed by atoms with van der Waals surface area (Å²) in [6.45, 7) is 6.17. The highest BCUT2D eigenvalue weighted by Gasteiger charge is 2.23. The number of aromatic nitrogens is 4. The van der Waals surface area contributed by atoms with E-state index in [2.05, 4.69) is 37.0 Å². The lowest BCUT2D eigenvalue weighted by atomic mass is 10.2. The molecule has 40 heavy (non-hydrogen) atoms. The summed E-state index contributed by atoms with van der Waals surface area (Å²) < 4.78 is 20.4. The quantitative estimate of drug-likeness (QED) is 0.351. The highest BCUT2D eigenvalue weighted by atomic mass is 19.1. The fourth-order valence-electron chi connectivity index (χ4n) is 5.39. The second kappa shape index (κ2) is 11.4. The van der Waals surface area contributed by atoms with Crippen LogP contribution in [-0.4, -0.2) is 90.1 Å². The Morgan fingerprint density at radius 2 is 1.52 bits per heavy atom. The van der Waals surface area contributed by atoms with Crippen LogP contribution in [0.4, 0.5) is 21.6 Å². The van der Waals surface area contributed by atoms with Crippen LogP contribution in [-0.2, 0) is 11.2 Å². The van der Waals surface area contributed by atoms with Crippen molar-refractivity contribution in [1.29, 1.82) is 0 Å². The average Bonchev–Trinajstić information content (AvgIpc) is 3.42. The van der Waals surface area contributed by atoms with Gasteiger partial charge in [0.1, 0.15) is 17.4 Å². The van der Waals surface area contributed by atoms with Crippen molar-refractivity contribution in [3.05, 3.63) is 72.3 Å². The first kappa shape index (κ1) is 25.8. The molecule has 1 amide bonds. The summed E-state index contributed by atoms with van der Waals surface area (Å²) in [6, 6.07) is 18.6. The Morgan fingerprint density at radius 3 is 2.27 bits per heavy atom. The van der Waals surface area contributed by atoms with Crippen LogP contribution < -0.4 is 19.4 Å². The summed E-state index contributed by atoms with van der Waals surface area (Å²) >= 11 is 0. The van der Waals surface area contributed by atoms with Gasteiger partial charge in [-0.2, -0.15) is 4.52 Å². The lowest BCUT2D eigenvalue weighted by Crippen LogP contribution is -2.48. The molecule has 0 N–H and O–H groups in total. The molecule has 6 rings (SSSR count). The summed E-state index contributed by atoms with van der Waals surface area (Å²) in [5.74, 6) is 2.28. The van der Waals surface area contributed by atoms with E-state index >= 15 is 0 Å². The Morgan fingerprint density at radius 1 is 0.825 bits per heavy atom. The third-order valence-electron chi connectivity index (χ3n) is 7.72. The predicted molar refractivity (Wildman–Crippen MR) is 152 cm³/mol. The van der Waals surface area contributed by atoms with E-state index in [9.17, 15) is 9.18 Å². The fraction of sp³-hybridized carbons (Fsp3) is 0.379. The van der Waals surface area contributed by atoms with Crippen molar-refractivity contribution in [1.82, 2.24) is 24.7 Å². The number of hydrogen-bond donors (Lipinski definition) is 0. The number of anilines is 3. The summed E-state index contributed by atoms with van der Waals surface area (Å²) in [4.78, 5) is 21.7. The number of carbonyl (C=O) groups excluding carboxylic acids is 1. The number of aryl methyl sites for hydroxylation is 1. The van der Waals surface area contributed by atoms with Gasteiger partial charge in [0, 0.05) is 82.6 Å². The molecular formula is C29H33FN8O2. The summed E-state index contributed by atoms with van der Waals surface area (Å²) in [5, 5.41) is 13.4. The Bertz CT molecular complexity index is 1460. The van der Waals surface area contributed by atoms with E-state index in [1.54, 1.807) is 23.8 Å². The molecule has 10 nitrogen and oxygen atoms in total. The smallest absolute Gasteiger partial charge is 0.223 e. The van der Waals surface area contributed by atoms with Crippen LogP contribution in [0.15, 0.2) is 60.7 Å². The number of amides is 1. The molecule has 11 heteroatoms. The second-order valence-corrected chi connectivity index (χ2v) is 10.1. The molecule has 2 aliphatic rings. The van der Waals surface area contributed by atoms with E-state index in [4.69, 9.17) is 9.84 Å². The molecule has 2 saturated heterocycles. The number of fused-ring (bicyclic) bond motifs is 1. The number of ether oxygens (including phenoxy) is 1. The lowest BCUT2D eigenvalue weighted by molar-refractivity contribution is -0.131. The van der Waals surface area contributed by atoms with Crippen molar-refractivity contribution in [2.24, 2.45) is 0 Å². The van der Waals surface area contributed by atoms with Gasteiger partial charge in [-0.1, -0.05) is 6.07 Å². The minimum absolute atomic E-state index is 0.0975. The lowest BCUT2D eigenvalue weighted by Gasteiger charge is -2.36. The highest BCUT2D eigenvalue weighted by molar-refractivity contribution is 5.76. The number of nitrogens with zero attached hydrogens (tertiary/aromatic N) is 8. The minimum atomic E-state index is -0.243. The van der Waals surface area contributed by atoms with Crippen LogP contribution in [0.3, 0.4) is 0 Å². The van der Waals surface area contributed by atoms with Crippen LogP contribution >= 0.6 is 0 Å². The normalized spacial score (nSPS) is 16.1. The molecule has 2 aliphatic heterocycles. The van der Waals surface area contributed by atoms with Crippen molar-refractivity contribution in [3.63, 3.8) is 0 Å². The van der Waals surface area contributed by atoms with Gasteiger partial charge in [0.05, 0.1) is 7.11 Å². The first-order valence-corrected chi connectivity index (χ1v) is 13.7. The average molecular weight is 545 g/mol. The summed E-state index contributed by atoms with van der Waals surface area (Å²) in [5.41, 5.74) is 2.81.